The molecule has 2 amide bonds. The smallest absolute Gasteiger partial charge is 0.321 e. The van der Waals surface area contributed by atoms with E-state index in [4.69, 9.17) is 21.1 Å². The van der Waals surface area contributed by atoms with Crippen molar-refractivity contribution in [2.45, 2.75) is 26.7 Å². The van der Waals surface area contributed by atoms with Gasteiger partial charge >= 0.3 is 12.0 Å². The minimum atomic E-state index is -0.265. The zero-order chi connectivity index (χ0) is 17.7. The Labute approximate surface area is 147 Å². The number of nitrogens with one attached hydrogen (secondary N) is 1. The molecule has 0 bridgehead atoms. The molecule has 0 aliphatic carbocycles. The van der Waals surface area contributed by atoms with E-state index in [9.17, 15) is 9.59 Å². The van der Waals surface area contributed by atoms with Crippen LogP contribution in [0.3, 0.4) is 0 Å². The number of rotatable bonds is 4. The van der Waals surface area contributed by atoms with Crippen LogP contribution >= 0.6 is 11.6 Å². The van der Waals surface area contributed by atoms with Gasteiger partial charge in [0.15, 0.2) is 0 Å². The molecule has 0 spiro atoms. The molecule has 1 aliphatic heterocycles. The molecule has 7 heteroatoms. The Balaban J connectivity index is 2.07. The zero-order valence-electron chi connectivity index (χ0n) is 14.2. The average Bonchev–Trinajstić information content (AvgIpc) is 2.58. The number of nitrogens with zero attached hydrogens (tertiary/aromatic N) is 1. The first-order valence-electron chi connectivity index (χ1n) is 8.03. The van der Waals surface area contributed by atoms with Crippen molar-refractivity contribution in [2.24, 2.45) is 5.92 Å². The van der Waals surface area contributed by atoms with Crippen molar-refractivity contribution in [1.82, 2.24) is 4.90 Å². The van der Waals surface area contributed by atoms with E-state index >= 15 is 0 Å². The SMILES string of the molecule is CCOC(=O)[C@H]1CCCN(C(=O)Nc2cc(C)c(Cl)cc2OC)C1. The van der Waals surface area contributed by atoms with Crippen LogP contribution in [0, 0.1) is 12.8 Å². The number of piperidine rings is 1. The molecule has 1 heterocycles. The van der Waals surface area contributed by atoms with Gasteiger partial charge in [-0.15, -0.1) is 0 Å². The van der Waals surface area contributed by atoms with Crippen LogP contribution in [0.2, 0.25) is 5.02 Å². The van der Waals surface area contributed by atoms with Crippen LogP contribution in [0.25, 0.3) is 0 Å². The van der Waals surface area contributed by atoms with Crippen molar-refractivity contribution in [3.8, 4) is 5.75 Å². The minimum Gasteiger partial charge on any atom is -0.495 e. The summed E-state index contributed by atoms with van der Waals surface area (Å²) >= 11 is 6.08. The molecule has 24 heavy (non-hydrogen) atoms. The first kappa shape index (κ1) is 18.4. The maximum absolute atomic E-state index is 12.5. The van der Waals surface area contributed by atoms with Crippen LogP contribution in [0.15, 0.2) is 12.1 Å². The highest BCUT2D eigenvalue weighted by atomic mass is 35.5. The van der Waals surface area contributed by atoms with E-state index in [-0.39, 0.29) is 17.9 Å². The van der Waals surface area contributed by atoms with E-state index in [1.165, 1.54) is 7.11 Å². The molecule has 0 radical (unpaired) electrons. The number of esters is 1. The van der Waals surface area contributed by atoms with Gasteiger partial charge in [0, 0.05) is 24.2 Å². The molecule has 1 N–H and O–H groups in total. The Morgan fingerprint density at radius 1 is 1.42 bits per heavy atom. The molecule has 1 aromatic rings. The number of hydrogen-bond acceptors (Lipinski definition) is 4. The first-order chi connectivity index (χ1) is 11.5. The fourth-order valence-electron chi connectivity index (χ4n) is 2.74. The topological polar surface area (TPSA) is 67.9 Å². The average molecular weight is 355 g/mol. The summed E-state index contributed by atoms with van der Waals surface area (Å²) in [6.45, 7) is 4.95. The molecule has 0 aromatic heterocycles. The van der Waals surface area contributed by atoms with Crippen LogP contribution in [-0.2, 0) is 9.53 Å². The molecular weight excluding hydrogens is 332 g/mol. The number of carbonyl (C=O) groups excluding carboxylic acids is 2. The van der Waals surface area contributed by atoms with Gasteiger partial charge in [-0.2, -0.15) is 0 Å². The standard InChI is InChI=1S/C17H23ClN2O4/c1-4-24-16(21)12-6-5-7-20(10-12)17(22)19-14-8-11(2)13(18)9-15(14)23-3/h8-9,12H,4-7,10H2,1-3H3,(H,19,22)/t12-/m0/s1. The van der Waals surface area contributed by atoms with E-state index in [1.54, 1.807) is 24.0 Å². The molecule has 2 rings (SSSR count). The Morgan fingerprint density at radius 2 is 2.17 bits per heavy atom. The van der Waals surface area contributed by atoms with E-state index in [0.29, 0.717) is 36.2 Å². The lowest BCUT2D eigenvalue weighted by Gasteiger charge is -2.31. The third kappa shape index (κ3) is 4.32. The number of carbonyl (C=O) groups is 2. The highest BCUT2D eigenvalue weighted by Crippen LogP contribution is 2.31. The third-order valence-electron chi connectivity index (χ3n) is 4.05. The number of aryl methyl sites for hydroxylation is 1. The molecule has 1 saturated heterocycles. The molecule has 6 nitrogen and oxygen atoms in total. The van der Waals surface area contributed by atoms with Crippen molar-refractivity contribution >= 4 is 29.3 Å². The summed E-state index contributed by atoms with van der Waals surface area (Å²) in [7, 11) is 1.52. The maximum atomic E-state index is 12.5. The van der Waals surface area contributed by atoms with Crippen LogP contribution in [0.5, 0.6) is 5.75 Å². The van der Waals surface area contributed by atoms with Crippen LogP contribution in [-0.4, -0.2) is 43.7 Å². The van der Waals surface area contributed by atoms with Gasteiger partial charge in [-0.3, -0.25) is 4.79 Å². The normalized spacial score (nSPS) is 17.3. The molecule has 1 aliphatic rings. The molecule has 0 saturated carbocycles. The van der Waals surface area contributed by atoms with Crippen molar-refractivity contribution < 1.29 is 19.1 Å². The molecule has 1 fully saturated rings. The van der Waals surface area contributed by atoms with E-state index < -0.39 is 0 Å². The van der Waals surface area contributed by atoms with E-state index in [0.717, 1.165) is 18.4 Å². The number of halogens is 1. The summed E-state index contributed by atoms with van der Waals surface area (Å²) < 4.78 is 10.3. The van der Waals surface area contributed by atoms with Gasteiger partial charge < -0.3 is 19.7 Å². The number of hydrogen-bond donors (Lipinski definition) is 1. The van der Waals surface area contributed by atoms with E-state index in [1.807, 2.05) is 6.92 Å². The van der Waals surface area contributed by atoms with Crippen LogP contribution in [0.4, 0.5) is 10.5 Å². The lowest BCUT2D eigenvalue weighted by atomic mass is 9.98. The predicted molar refractivity (Wildman–Crippen MR) is 92.7 cm³/mol. The summed E-state index contributed by atoms with van der Waals surface area (Å²) in [5, 5.41) is 3.42. The van der Waals surface area contributed by atoms with Gasteiger partial charge in [0.25, 0.3) is 0 Å². The lowest BCUT2D eigenvalue weighted by molar-refractivity contribution is -0.149. The Bertz CT molecular complexity index is 621. The molecule has 1 aromatic carbocycles. The number of amides is 2. The molecular formula is C17H23ClN2O4. The molecule has 1 atom stereocenters. The number of ether oxygens (including phenoxy) is 2. The van der Waals surface area contributed by atoms with Crippen molar-refractivity contribution in [1.29, 1.82) is 0 Å². The molecule has 0 unspecified atom stereocenters. The largest absolute Gasteiger partial charge is 0.495 e. The third-order valence-corrected chi connectivity index (χ3v) is 4.46. The van der Waals surface area contributed by atoms with Gasteiger partial charge in [0.2, 0.25) is 0 Å². The minimum absolute atomic E-state index is 0.241. The Morgan fingerprint density at radius 3 is 2.83 bits per heavy atom. The summed E-state index contributed by atoms with van der Waals surface area (Å²) in [5.41, 5.74) is 1.40. The predicted octanol–water partition coefficient (Wildman–Crippen LogP) is 3.46. The van der Waals surface area contributed by atoms with Gasteiger partial charge in [0.1, 0.15) is 5.75 Å². The number of benzene rings is 1. The highest BCUT2D eigenvalue weighted by molar-refractivity contribution is 6.31. The van der Waals surface area contributed by atoms with Crippen LogP contribution in [0.1, 0.15) is 25.3 Å². The maximum Gasteiger partial charge on any atom is 0.321 e. The number of methoxy groups -OCH3 is 1. The summed E-state index contributed by atoms with van der Waals surface area (Å²) in [4.78, 5) is 26.1. The monoisotopic (exact) mass is 354 g/mol. The summed E-state index contributed by atoms with van der Waals surface area (Å²) in [6, 6.07) is 3.18. The van der Waals surface area contributed by atoms with Crippen molar-refractivity contribution in [3.05, 3.63) is 22.7 Å². The van der Waals surface area contributed by atoms with Crippen molar-refractivity contribution in [2.75, 3.05) is 32.1 Å². The fourth-order valence-corrected chi connectivity index (χ4v) is 2.89. The molecule has 132 valence electrons. The second-order valence-corrected chi connectivity index (χ2v) is 6.18. The first-order valence-corrected chi connectivity index (χ1v) is 8.40. The lowest BCUT2D eigenvalue weighted by Crippen LogP contribution is -2.44. The van der Waals surface area contributed by atoms with E-state index in [2.05, 4.69) is 5.32 Å². The second-order valence-electron chi connectivity index (χ2n) is 5.77. The van der Waals surface area contributed by atoms with Gasteiger partial charge in [-0.1, -0.05) is 11.6 Å². The summed E-state index contributed by atoms with van der Waals surface area (Å²) in [5.74, 6) is -0.00822. The number of urea groups is 1. The summed E-state index contributed by atoms with van der Waals surface area (Å²) in [6.07, 6.45) is 1.51. The quantitative estimate of drug-likeness (QED) is 0.841. The number of anilines is 1. The van der Waals surface area contributed by atoms with Gasteiger partial charge in [-0.25, -0.2) is 4.79 Å². The second kappa shape index (κ2) is 8.24. The van der Waals surface area contributed by atoms with Gasteiger partial charge in [-0.05, 0) is 38.3 Å². The van der Waals surface area contributed by atoms with Gasteiger partial charge in [0.05, 0.1) is 25.3 Å². The van der Waals surface area contributed by atoms with Crippen molar-refractivity contribution in [3.63, 3.8) is 0 Å². The highest BCUT2D eigenvalue weighted by Gasteiger charge is 2.29. The Kier molecular flexibility index (Phi) is 6.31. The Hall–Kier alpha value is -1.95. The number of likely N-dealkylation sites (tertiary alicyclic amines) is 1. The zero-order valence-corrected chi connectivity index (χ0v) is 15.0. The van der Waals surface area contributed by atoms with Crippen LogP contribution < -0.4 is 10.1 Å². The fraction of sp³-hybridized carbons (Fsp3) is 0.529.